The van der Waals surface area contributed by atoms with Gasteiger partial charge in [-0.05, 0) is 68.2 Å². The third-order valence-electron chi connectivity index (χ3n) is 6.53. The molecule has 0 aliphatic heterocycles. The Morgan fingerprint density at radius 3 is 2.61 bits per heavy atom. The van der Waals surface area contributed by atoms with Gasteiger partial charge in [0.1, 0.15) is 17.7 Å². The second-order valence-electron chi connectivity index (χ2n) is 8.51. The van der Waals surface area contributed by atoms with E-state index < -0.39 is 0 Å². The van der Waals surface area contributed by atoms with Gasteiger partial charge in [-0.3, -0.25) is 14.7 Å². The number of allylic oxidation sites excluding steroid dienone is 3. The normalized spacial score (nSPS) is 16.6. The van der Waals surface area contributed by atoms with E-state index in [9.17, 15) is 9.59 Å². The van der Waals surface area contributed by atoms with E-state index in [4.69, 9.17) is 16.6 Å². The van der Waals surface area contributed by atoms with Crippen molar-refractivity contribution in [3.63, 3.8) is 0 Å². The van der Waals surface area contributed by atoms with Gasteiger partial charge in [0.15, 0.2) is 0 Å². The summed E-state index contributed by atoms with van der Waals surface area (Å²) in [5, 5.41) is 0.460. The van der Waals surface area contributed by atoms with Crippen molar-refractivity contribution < 1.29 is 9.59 Å². The number of nitrogens with zero attached hydrogens (tertiary/aromatic N) is 3. The Morgan fingerprint density at radius 2 is 1.97 bits per heavy atom. The summed E-state index contributed by atoms with van der Waals surface area (Å²) in [6, 6.07) is 7.86. The SMILES string of the molecule is C/C=C(/Cc1ccc(Cl)nc1)c1cccnc1/C(=C/C=O)C(CC=O)N(C)C1CCCCC1. The van der Waals surface area contributed by atoms with Crippen LogP contribution in [-0.2, 0) is 16.0 Å². The minimum atomic E-state index is -0.209. The Bertz CT molecular complexity index is 995. The van der Waals surface area contributed by atoms with Gasteiger partial charge in [-0.1, -0.05) is 49.1 Å². The topological polar surface area (TPSA) is 63.2 Å². The molecule has 1 unspecified atom stereocenters. The summed E-state index contributed by atoms with van der Waals surface area (Å²) >= 11 is 5.95. The number of hydrogen-bond acceptors (Lipinski definition) is 5. The highest BCUT2D eigenvalue weighted by molar-refractivity contribution is 6.29. The number of hydrogen-bond donors (Lipinski definition) is 0. The number of aromatic nitrogens is 2. The minimum absolute atomic E-state index is 0.209. The number of carbonyl (C=O) groups is 2. The molecule has 1 atom stereocenters. The van der Waals surface area contributed by atoms with Crippen LogP contribution in [0.15, 0.2) is 48.8 Å². The van der Waals surface area contributed by atoms with Crippen LogP contribution in [0.3, 0.4) is 0 Å². The van der Waals surface area contributed by atoms with Crippen molar-refractivity contribution in [2.75, 3.05) is 7.05 Å². The van der Waals surface area contributed by atoms with Crippen LogP contribution in [0.25, 0.3) is 11.1 Å². The van der Waals surface area contributed by atoms with E-state index >= 15 is 0 Å². The third-order valence-corrected chi connectivity index (χ3v) is 6.75. The summed E-state index contributed by atoms with van der Waals surface area (Å²) in [5.74, 6) is 0. The van der Waals surface area contributed by atoms with Gasteiger partial charge in [0.05, 0.1) is 5.69 Å². The van der Waals surface area contributed by atoms with Gasteiger partial charge in [0, 0.05) is 36.5 Å². The van der Waals surface area contributed by atoms with Crippen molar-refractivity contribution in [2.24, 2.45) is 0 Å². The Hall–Kier alpha value is -2.63. The zero-order valence-corrected chi connectivity index (χ0v) is 20.2. The first-order chi connectivity index (χ1) is 16.1. The Labute approximate surface area is 201 Å². The molecule has 0 amide bonds. The van der Waals surface area contributed by atoms with Gasteiger partial charge in [-0.2, -0.15) is 0 Å². The standard InChI is InChI=1S/C27H32ClN3O2/c1-3-21(18-20-11-12-26(28)30-19-20)23-10-7-15-29-27(23)24(13-16-32)25(14-17-33)31(2)22-8-5-4-6-9-22/h3,7,10-13,15-17,19,22,25H,4-6,8-9,14,18H2,1-2H3/b21-3-,24-13+. The molecule has 5 nitrogen and oxygen atoms in total. The van der Waals surface area contributed by atoms with Crippen LogP contribution in [0.4, 0.5) is 0 Å². The van der Waals surface area contributed by atoms with E-state index in [0.717, 1.165) is 53.4 Å². The molecule has 0 radical (unpaired) electrons. The zero-order chi connectivity index (χ0) is 23.6. The highest BCUT2D eigenvalue weighted by atomic mass is 35.5. The summed E-state index contributed by atoms with van der Waals surface area (Å²) in [7, 11) is 2.07. The lowest BCUT2D eigenvalue weighted by Gasteiger charge is -2.38. The lowest BCUT2D eigenvalue weighted by atomic mass is 9.88. The first kappa shape index (κ1) is 25.0. The predicted octanol–water partition coefficient (Wildman–Crippen LogP) is 5.58. The molecule has 1 aliphatic rings. The van der Waals surface area contributed by atoms with Crippen molar-refractivity contribution in [1.29, 1.82) is 0 Å². The van der Waals surface area contributed by atoms with Gasteiger partial charge < -0.3 is 4.79 Å². The lowest BCUT2D eigenvalue weighted by molar-refractivity contribution is -0.108. The lowest BCUT2D eigenvalue weighted by Crippen LogP contribution is -2.42. The zero-order valence-electron chi connectivity index (χ0n) is 19.4. The van der Waals surface area contributed by atoms with Crippen molar-refractivity contribution >= 4 is 35.3 Å². The highest BCUT2D eigenvalue weighted by Gasteiger charge is 2.29. The summed E-state index contributed by atoms with van der Waals surface area (Å²) in [5.41, 5.74) is 4.59. The van der Waals surface area contributed by atoms with Crippen LogP contribution in [0.1, 0.15) is 62.3 Å². The minimum Gasteiger partial charge on any atom is -0.303 e. The van der Waals surface area contributed by atoms with E-state index in [1.165, 1.54) is 19.3 Å². The Morgan fingerprint density at radius 1 is 1.18 bits per heavy atom. The molecule has 1 saturated carbocycles. The molecule has 1 fully saturated rings. The average molecular weight is 466 g/mol. The van der Waals surface area contributed by atoms with Crippen LogP contribution in [0.2, 0.25) is 5.15 Å². The summed E-state index contributed by atoms with van der Waals surface area (Å²) < 4.78 is 0. The maximum Gasteiger partial charge on any atom is 0.143 e. The summed E-state index contributed by atoms with van der Waals surface area (Å²) in [6.07, 6.45) is 15.8. The maximum atomic E-state index is 11.7. The van der Waals surface area contributed by atoms with Crippen molar-refractivity contribution in [2.45, 2.75) is 64.0 Å². The molecule has 2 heterocycles. The molecule has 0 saturated heterocycles. The molecular weight excluding hydrogens is 434 g/mol. The van der Waals surface area contributed by atoms with Crippen LogP contribution in [0, 0.1) is 0 Å². The van der Waals surface area contributed by atoms with Gasteiger partial charge >= 0.3 is 0 Å². The highest BCUT2D eigenvalue weighted by Crippen LogP contribution is 2.33. The molecule has 0 spiro atoms. The molecule has 1 aliphatic carbocycles. The molecule has 3 rings (SSSR count). The first-order valence-electron chi connectivity index (χ1n) is 11.6. The van der Waals surface area contributed by atoms with Gasteiger partial charge in [0.2, 0.25) is 0 Å². The van der Waals surface area contributed by atoms with Gasteiger partial charge in [-0.15, -0.1) is 0 Å². The number of aldehydes is 2. The summed E-state index contributed by atoms with van der Waals surface area (Å²) in [4.78, 5) is 34.6. The first-order valence-corrected chi connectivity index (χ1v) is 12.0. The fraction of sp³-hybridized carbons (Fsp3) is 0.407. The number of halogens is 1. The van der Waals surface area contributed by atoms with Crippen LogP contribution < -0.4 is 0 Å². The molecule has 33 heavy (non-hydrogen) atoms. The van der Waals surface area contributed by atoms with Crippen LogP contribution in [-0.4, -0.2) is 46.6 Å². The van der Waals surface area contributed by atoms with Crippen molar-refractivity contribution in [3.8, 4) is 0 Å². The van der Waals surface area contributed by atoms with Gasteiger partial charge in [0.25, 0.3) is 0 Å². The van der Waals surface area contributed by atoms with E-state index in [1.54, 1.807) is 24.5 Å². The molecule has 2 aromatic heterocycles. The molecule has 6 heteroatoms. The van der Waals surface area contributed by atoms with Gasteiger partial charge in [-0.25, -0.2) is 4.98 Å². The number of likely N-dealkylation sites (N-methyl/N-ethyl adjacent to an activating group) is 1. The molecular formula is C27H32ClN3O2. The molecule has 0 bridgehead atoms. The van der Waals surface area contributed by atoms with Crippen LogP contribution >= 0.6 is 11.6 Å². The van der Waals surface area contributed by atoms with E-state index in [-0.39, 0.29) is 6.04 Å². The Kier molecular flexibility index (Phi) is 9.52. The van der Waals surface area contributed by atoms with Crippen molar-refractivity contribution in [1.82, 2.24) is 14.9 Å². The molecule has 174 valence electrons. The van der Waals surface area contributed by atoms with E-state index in [1.807, 2.05) is 25.1 Å². The smallest absolute Gasteiger partial charge is 0.143 e. The predicted molar refractivity (Wildman–Crippen MR) is 134 cm³/mol. The molecule has 0 aromatic carbocycles. The molecule has 2 aromatic rings. The van der Waals surface area contributed by atoms with E-state index in [2.05, 4.69) is 23.0 Å². The fourth-order valence-corrected chi connectivity index (χ4v) is 4.86. The van der Waals surface area contributed by atoms with Crippen LogP contribution in [0.5, 0.6) is 0 Å². The third kappa shape index (κ3) is 6.46. The second kappa shape index (κ2) is 12.6. The van der Waals surface area contributed by atoms with E-state index in [0.29, 0.717) is 24.0 Å². The number of carbonyl (C=O) groups excluding carboxylic acids is 2. The quantitative estimate of drug-likeness (QED) is 0.260. The largest absolute Gasteiger partial charge is 0.303 e. The molecule has 0 N–H and O–H groups in total. The van der Waals surface area contributed by atoms with Crippen molar-refractivity contribution in [3.05, 3.63) is 70.8 Å². The number of pyridine rings is 2. The maximum absolute atomic E-state index is 11.7. The number of rotatable bonds is 10. The monoisotopic (exact) mass is 465 g/mol. The summed E-state index contributed by atoms with van der Waals surface area (Å²) in [6.45, 7) is 2.00. The fourth-order valence-electron chi connectivity index (χ4n) is 4.75. The average Bonchev–Trinajstić information content (AvgIpc) is 2.86. The Balaban J connectivity index is 2.00. The second-order valence-corrected chi connectivity index (χ2v) is 8.90.